The molecule has 8 nitrogen and oxygen atoms in total. The number of carbonyl (C=O) groups is 2. The summed E-state index contributed by atoms with van der Waals surface area (Å²) in [6.07, 6.45) is 1.62. The van der Waals surface area contributed by atoms with E-state index in [0.29, 0.717) is 40.2 Å². The molecule has 0 heterocycles. The van der Waals surface area contributed by atoms with Crippen molar-refractivity contribution in [2.24, 2.45) is 0 Å². The average Bonchev–Trinajstić information content (AvgIpc) is 2.95. The molecule has 0 aliphatic rings. The van der Waals surface area contributed by atoms with Gasteiger partial charge in [-0.15, -0.1) is 0 Å². The Bertz CT molecular complexity index is 1420. The van der Waals surface area contributed by atoms with E-state index in [2.05, 4.69) is 5.32 Å². The molecular weight excluding hydrogens is 597 g/mol. The lowest BCUT2D eigenvalue weighted by Crippen LogP contribution is -2.50. The SMILES string of the molecule is CCNC(=O)[C@H](Cc1ccccc1)N(Cc1c(Cl)cccc1Cl)C(=O)CCCN(c1ccc(OCC)cc1)S(C)(=O)=O. The highest BCUT2D eigenvalue weighted by atomic mass is 35.5. The molecule has 0 bridgehead atoms. The van der Waals surface area contributed by atoms with Gasteiger partial charge in [-0.25, -0.2) is 8.42 Å². The summed E-state index contributed by atoms with van der Waals surface area (Å²) < 4.78 is 32.0. The van der Waals surface area contributed by atoms with Crippen LogP contribution in [0.1, 0.15) is 37.8 Å². The summed E-state index contributed by atoms with van der Waals surface area (Å²) in [5.74, 6) is 0.0110. The predicted octanol–water partition coefficient (Wildman–Crippen LogP) is 5.71. The number of carbonyl (C=O) groups excluding carboxylic acids is 2. The van der Waals surface area contributed by atoms with Gasteiger partial charge in [-0.1, -0.05) is 59.6 Å². The molecule has 0 radical (unpaired) electrons. The standard InChI is InChI=1S/C31H37Cl2N3O5S/c1-4-34-31(38)29(21-23-11-7-6-8-12-23)35(22-26-27(32)13-9-14-28(26)33)30(37)15-10-20-36(42(3,39)40)24-16-18-25(19-17-24)41-5-2/h6-9,11-14,16-19,29H,4-5,10,15,20-22H2,1-3H3,(H,34,38)/t29-/m0/s1. The molecule has 226 valence electrons. The zero-order valence-electron chi connectivity index (χ0n) is 24.1. The Balaban J connectivity index is 1.88. The molecule has 42 heavy (non-hydrogen) atoms. The summed E-state index contributed by atoms with van der Waals surface area (Å²) in [4.78, 5) is 28.7. The van der Waals surface area contributed by atoms with Crippen LogP contribution in [0.3, 0.4) is 0 Å². The number of hydrogen-bond donors (Lipinski definition) is 1. The summed E-state index contributed by atoms with van der Waals surface area (Å²) in [5.41, 5.74) is 1.89. The van der Waals surface area contributed by atoms with Crippen LogP contribution in [-0.4, -0.2) is 57.1 Å². The van der Waals surface area contributed by atoms with Gasteiger partial charge in [0.15, 0.2) is 0 Å². The van der Waals surface area contributed by atoms with Crippen LogP contribution >= 0.6 is 23.2 Å². The van der Waals surface area contributed by atoms with E-state index in [1.54, 1.807) is 42.5 Å². The second-order valence-corrected chi connectivity index (χ2v) is 12.4. The Kier molecular flexibility index (Phi) is 12.5. The molecule has 0 fully saturated rings. The third kappa shape index (κ3) is 9.37. The Morgan fingerprint density at radius 2 is 1.57 bits per heavy atom. The van der Waals surface area contributed by atoms with Crippen molar-refractivity contribution in [1.82, 2.24) is 10.2 Å². The fraction of sp³-hybridized carbons (Fsp3) is 0.355. The van der Waals surface area contributed by atoms with Crippen molar-refractivity contribution in [2.45, 2.75) is 45.7 Å². The van der Waals surface area contributed by atoms with Crippen LogP contribution in [-0.2, 0) is 32.6 Å². The number of hydrogen-bond acceptors (Lipinski definition) is 5. The van der Waals surface area contributed by atoms with E-state index in [1.807, 2.05) is 44.2 Å². The minimum absolute atomic E-state index is 0.00415. The first kappa shape index (κ1) is 33.2. The minimum Gasteiger partial charge on any atom is -0.494 e. The van der Waals surface area contributed by atoms with Crippen molar-refractivity contribution in [2.75, 3.05) is 30.3 Å². The van der Waals surface area contributed by atoms with E-state index in [4.69, 9.17) is 27.9 Å². The maximum atomic E-state index is 13.9. The topological polar surface area (TPSA) is 96.0 Å². The van der Waals surface area contributed by atoms with Gasteiger partial charge < -0.3 is 15.0 Å². The number of likely N-dealkylation sites (N-methyl/N-ethyl adjacent to an activating group) is 1. The number of halogens is 2. The molecule has 3 aromatic carbocycles. The molecular formula is C31H37Cl2N3O5S. The molecule has 2 amide bonds. The first-order valence-electron chi connectivity index (χ1n) is 13.8. The minimum atomic E-state index is -3.63. The monoisotopic (exact) mass is 633 g/mol. The molecule has 0 aromatic heterocycles. The van der Waals surface area contributed by atoms with Gasteiger partial charge in [-0.3, -0.25) is 13.9 Å². The smallest absolute Gasteiger partial charge is 0.243 e. The van der Waals surface area contributed by atoms with Crippen LogP contribution in [0, 0.1) is 0 Å². The second-order valence-electron chi connectivity index (χ2n) is 9.69. The maximum Gasteiger partial charge on any atom is 0.243 e. The number of rotatable bonds is 15. The zero-order valence-corrected chi connectivity index (χ0v) is 26.4. The van der Waals surface area contributed by atoms with Crippen LogP contribution < -0.4 is 14.4 Å². The highest BCUT2D eigenvalue weighted by Crippen LogP contribution is 2.28. The van der Waals surface area contributed by atoms with E-state index >= 15 is 0 Å². The molecule has 0 saturated heterocycles. The molecule has 0 unspecified atom stereocenters. The summed E-state index contributed by atoms with van der Waals surface area (Å²) in [5, 5.41) is 3.61. The van der Waals surface area contributed by atoms with Gasteiger partial charge in [0.2, 0.25) is 21.8 Å². The van der Waals surface area contributed by atoms with Crippen molar-refractivity contribution in [3.8, 4) is 5.75 Å². The summed E-state index contributed by atoms with van der Waals surface area (Å²) >= 11 is 12.9. The Hall–Kier alpha value is -3.27. The normalized spacial score (nSPS) is 11.9. The van der Waals surface area contributed by atoms with E-state index < -0.39 is 16.1 Å². The second kappa shape index (κ2) is 15.8. The van der Waals surface area contributed by atoms with Crippen molar-refractivity contribution in [3.63, 3.8) is 0 Å². The highest BCUT2D eigenvalue weighted by molar-refractivity contribution is 7.92. The van der Waals surface area contributed by atoms with Crippen molar-refractivity contribution in [1.29, 1.82) is 0 Å². The number of ether oxygens (including phenoxy) is 1. The summed E-state index contributed by atoms with van der Waals surface area (Å²) in [7, 11) is -3.63. The molecule has 1 N–H and O–H groups in total. The molecule has 1 atom stereocenters. The highest BCUT2D eigenvalue weighted by Gasteiger charge is 2.31. The predicted molar refractivity (Wildman–Crippen MR) is 169 cm³/mol. The number of nitrogens with zero attached hydrogens (tertiary/aromatic N) is 2. The van der Waals surface area contributed by atoms with Crippen LogP contribution in [0.4, 0.5) is 5.69 Å². The Morgan fingerprint density at radius 1 is 0.929 bits per heavy atom. The number of sulfonamides is 1. The molecule has 0 spiro atoms. The summed E-state index contributed by atoms with van der Waals surface area (Å²) in [6.45, 7) is 4.66. The lowest BCUT2D eigenvalue weighted by molar-refractivity contribution is -0.141. The van der Waals surface area contributed by atoms with Gasteiger partial charge in [-0.2, -0.15) is 0 Å². The molecule has 3 aromatic rings. The lowest BCUT2D eigenvalue weighted by atomic mass is 10.0. The van der Waals surface area contributed by atoms with Crippen LogP contribution in [0.5, 0.6) is 5.75 Å². The Morgan fingerprint density at radius 3 is 2.14 bits per heavy atom. The third-order valence-corrected chi connectivity index (χ3v) is 8.50. The first-order valence-corrected chi connectivity index (χ1v) is 16.4. The third-order valence-electron chi connectivity index (χ3n) is 6.60. The van der Waals surface area contributed by atoms with E-state index in [-0.39, 0.29) is 44.2 Å². The fourth-order valence-corrected chi connectivity index (χ4v) is 6.06. The number of anilines is 1. The number of benzene rings is 3. The average molecular weight is 635 g/mol. The Labute approximate surface area is 258 Å². The number of amides is 2. The molecule has 0 aliphatic carbocycles. The molecule has 0 aliphatic heterocycles. The van der Waals surface area contributed by atoms with Gasteiger partial charge in [0, 0.05) is 48.1 Å². The van der Waals surface area contributed by atoms with Crippen LogP contribution in [0.25, 0.3) is 0 Å². The largest absolute Gasteiger partial charge is 0.494 e. The lowest BCUT2D eigenvalue weighted by Gasteiger charge is -2.32. The summed E-state index contributed by atoms with van der Waals surface area (Å²) in [6, 6.07) is 20.4. The quantitative estimate of drug-likeness (QED) is 0.231. The van der Waals surface area contributed by atoms with Crippen LogP contribution in [0.15, 0.2) is 72.8 Å². The van der Waals surface area contributed by atoms with E-state index in [1.165, 1.54) is 9.21 Å². The van der Waals surface area contributed by atoms with Crippen molar-refractivity contribution in [3.05, 3.63) is 94.0 Å². The van der Waals surface area contributed by atoms with Gasteiger partial charge in [0.1, 0.15) is 11.8 Å². The van der Waals surface area contributed by atoms with Gasteiger partial charge in [-0.05, 0) is 62.2 Å². The van der Waals surface area contributed by atoms with Crippen LogP contribution in [0.2, 0.25) is 10.0 Å². The molecule has 11 heteroatoms. The number of nitrogens with one attached hydrogen (secondary N) is 1. The fourth-order valence-electron chi connectivity index (χ4n) is 4.58. The van der Waals surface area contributed by atoms with Crippen molar-refractivity contribution < 1.29 is 22.7 Å². The van der Waals surface area contributed by atoms with Gasteiger partial charge in [0.05, 0.1) is 18.6 Å². The van der Waals surface area contributed by atoms with E-state index in [0.717, 1.165) is 11.8 Å². The molecule has 0 saturated carbocycles. The van der Waals surface area contributed by atoms with E-state index in [9.17, 15) is 18.0 Å². The van der Waals surface area contributed by atoms with Gasteiger partial charge in [0.25, 0.3) is 0 Å². The maximum absolute atomic E-state index is 13.9. The zero-order chi connectivity index (χ0) is 30.7. The van der Waals surface area contributed by atoms with Gasteiger partial charge >= 0.3 is 0 Å². The van der Waals surface area contributed by atoms with Crippen molar-refractivity contribution >= 4 is 50.7 Å². The first-order chi connectivity index (χ1) is 20.0. The molecule has 3 rings (SSSR count).